The molecule has 7 nitrogen and oxygen atoms in total. The molecule has 0 aliphatic heterocycles. The Morgan fingerprint density at radius 3 is 2.44 bits per heavy atom. The molecular formula is C22H24F2N4O3S. The zero-order chi connectivity index (χ0) is 22.7. The topological polar surface area (TPSA) is 87.0 Å². The van der Waals surface area contributed by atoms with Gasteiger partial charge in [-0.3, -0.25) is 0 Å². The van der Waals surface area contributed by atoms with Crippen LogP contribution in [0.25, 0.3) is 5.69 Å². The first-order valence-corrected chi connectivity index (χ1v) is 12.2. The Morgan fingerprint density at radius 2 is 1.75 bits per heavy atom. The lowest BCUT2D eigenvalue weighted by atomic mass is 9.79. The lowest BCUT2D eigenvalue weighted by molar-refractivity contribution is 0.308. The number of ether oxygens (including phenoxy) is 1. The van der Waals surface area contributed by atoms with E-state index in [1.54, 1.807) is 37.3 Å². The van der Waals surface area contributed by atoms with Gasteiger partial charge in [0.25, 0.3) is 5.16 Å². The van der Waals surface area contributed by atoms with Crippen molar-refractivity contribution in [3.63, 3.8) is 0 Å². The monoisotopic (exact) mass is 462 g/mol. The molecule has 0 unspecified atom stereocenters. The molecule has 0 amide bonds. The lowest BCUT2D eigenvalue weighted by Crippen LogP contribution is -2.24. The van der Waals surface area contributed by atoms with Crippen LogP contribution in [0.5, 0.6) is 5.75 Å². The standard InChI is InChI=1S/C22H24F2N4O3S/c1-2-31-19-13-12-18(20(23)21(19)24)16-10-8-15(9-11-16)14-32(29,30)22-25-26-27-28(22)17-6-4-3-5-7-17/h3-7,12-13,15-16H,2,8-11,14H2,1H3. The van der Waals surface area contributed by atoms with Gasteiger partial charge in [-0.15, -0.1) is 0 Å². The van der Waals surface area contributed by atoms with Crippen LogP contribution in [-0.4, -0.2) is 41.0 Å². The maximum atomic E-state index is 14.6. The fraction of sp³-hybridized carbons (Fsp3) is 0.409. The summed E-state index contributed by atoms with van der Waals surface area (Å²) in [4.78, 5) is 0. The minimum atomic E-state index is -3.73. The summed E-state index contributed by atoms with van der Waals surface area (Å²) in [6.45, 7) is 1.96. The number of nitrogens with zero attached hydrogens (tertiary/aromatic N) is 4. The van der Waals surface area contributed by atoms with E-state index in [0.717, 1.165) is 0 Å². The fourth-order valence-electron chi connectivity index (χ4n) is 4.26. The van der Waals surface area contributed by atoms with Gasteiger partial charge in [0, 0.05) is 0 Å². The fourth-order valence-corrected chi connectivity index (χ4v) is 5.93. The van der Waals surface area contributed by atoms with E-state index in [0.29, 0.717) is 36.9 Å². The summed E-state index contributed by atoms with van der Waals surface area (Å²) >= 11 is 0. The van der Waals surface area contributed by atoms with Gasteiger partial charge in [0.2, 0.25) is 15.7 Å². The average Bonchev–Trinajstić information content (AvgIpc) is 3.30. The molecule has 4 rings (SSSR count). The highest BCUT2D eigenvalue weighted by molar-refractivity contribution is 7.91. The van der Waals surface area contributed by atoms with Crippen LogP contribution in [0.4, 0.5) is 8.78 Å². The smallest absolute Gasteiger partial charge is 0.272 e. The van der Waals surface area contributed by atoms with Gasteiger partial charge in [-0.1, -0.05) is 29.4 Å². The number of tetrazole rings is 1. The molecule has 1 saturated carbocycles. The summed E-state index contributed by atoms with van der Waals surface area (Å²) < 4.78 is 61.2. The lowest BCUT2D eigenvalue weighted by Gasteiger charge is -2.29. The normalized spacial score (nSPS) is 19.1. The van der Waals surface area contributed by atoms with E-state index in [1.807, 2.05) is 6.07 Å². The van der Waals surface area contributed by atoms with Crippen molar-refractivity contribution in [3.05, 3.63) is 59.7 Å². The zero-order valence-corrected chi connectivity index (χ0v) is 18.4. The SMILES string of the molecule is CCOc1ccc(C2CCC(CS(=O)(=O)c3nnnn3-c3ccccc3)CC2)c(F)c1F. The van der Waals surface area contributed by atoms with Gasteiger partial charge < -0.3 is 4.74 Å². The molecule has 1 aliphatic rings. The second-order valence-electron chi connectivity index (χ2n) is 7.92. The highest BCUT2D eigenvalue weighted by Gasteiger charge is 2.32. The minimum Gasteiger partial charge on any atom is -0.491 e. The Kier molecular flexibility index (Phi) is 6.50. The van der Waals surface area contributed by atoms with E-state index in [4.69, 9.17) is 4.74 Å². The second kappa shape index (κ2) is 9.32. The third-order valence-electron chi connectivity index (χ3n) is 5.84. The largest absolute Gasteiger partial charge is 0.491 e. The number of benzene rings is 2. The van der Waals surface area contributed by atoms with Crippen molar-refractivity contribution in [1.29, 1.82) is 0 Å². The van der Waals surface area contributed by atoms with Crippen LogP contribution in [0, 0.1) is 17.6 Å². The number of hydrogen-bond donors (Lipinski definition) is 0. The molecule has 1 aromatic heterocycles. The minimum absolute atomic E-state index is 0.0902. The number of aromatic nitrogens is 4. The molecule has 0 N–H and O–H groups in total. The molecule has 10 heteroatoms. The molecular weight excluding hydrogens is 438 g/mol. The Labute approximate surface area is 185 Å². The number of sulfone groups is 1. The van der Waals surface area contributed by atoms with Crippen LogP contribution >= 0.6 is 0 Å². The zero-order valence-electron chi connectivity index (χ0n) is 17.6. The highest BCUT2D eigenvalue weighted by atomic mass is 32.2. The van der Waals surface area contributed by atoms with Crippen molar-refractivity contribution >= 4 is 9.84 Å². The molecule has 0 spiro atoms. The van der Waals surface area contributed by atoms with Gasteiger partial charge in [-0.05, 0) is 78.6 Å². The maximum absolute atomic E-state index is 14.6. The molecule has 0 saturated heterocycles. The van der Waals surface area contributed by atoms with Crippen molar-refractivity contribution in [2.45, 2.75) is 43.7 Å². The molecule has 0 bridgehead atoms. The summed E-state index contributed by atoms with van der Waals surface area (Å²) in [5.41, 5.74) is 0.882. The molecule has 2 aromatic carbocycles. The van der Waals surface area contributed by atoms with E-state index in [9.17, 15) is 17.2 Å². The molecule has 1 fully saturated rings. The van der Waals surface area contributed by atoms with Crippen molar-refractivity contribution in [1.82, 2.24) is 20.2 Å². The molecule has 0 atom stereocenters. The summed E-state index contributed by atoms with van der Waals surface area (Å²) in [5, 5.41) is 10.9. The van der Waals surface area contributed by atoms with Crippen molar-refractivity contribution < 1.29 is 21.9 Å². The van der Waals surface area contributed by atoms with E-state index >= 15 is 0 Å². The van der Waals surface area contributed by atoms with E-state index in [-0.39, 0.29) is 35.1 Å². The molecule has 32 heavy (non-hydrogen) atoms. The van der Waals surface area contributed by atoms with Crippen molar-refractivity contribution in [2.75, 3.05) is 12.4 Å². The maximum Gasteiger partial charge on any atom is 0.272 e. The van der Waals surface area contributed by atoms with Gasteiger partial charge in [0.15, 0.2) is 11.6 Å². The van der Waals surface area contributed by atoms with Gasteiger partial charge in [0.1, 0.15) is 0 Å². The quantitative estimate of drug-likeness (QED) is 0.526. The third kappa shape index (κ3) is 4.50. The molecule has 1 heterocycles. The van der Waals surface area contributed by atoms with Crippen LogP contribution in [0.2, 0.25) is 0 Å². The van der Waals surface area contributed by atoms with Crippen molar-refractivity contribution in [2.24, 2.45) is 5.92 Å². The number of para-hydroxylation sites is 1. The van der Waals surface area contributed by atoms with Gasteiger partial charge >= 0.3 is 0 Å². The summed E-state index contributed by atoms with van der Waals surface area (Å²) in [6.07, 6.45) is 2.33. The molecule has 0 radical (unpaired) electrons. The first-order chi connectivity index (χ1) is 15.4. The Morgan fingerprint density at radius 1 is 1.03 bits per heavy atom. The summed E-state index contributed by atoms with van der Waals surface area (Å²) in [5.74, 6) is -2.30. The molecule has 1 aliphatic carbocycles. The number of hydrogen-bond acceptors (Lipinski definition) is 6. The Hall–Kier alpha value is -2.88. The second-order valence-corrected chi connectivity index (χ2v) is 9.85. The molecule has 170 valence electrons. The average molecular weight is 463 g/mol. The van der Waals surface area contributed by atoms with Crippen LogP contribution in [0.1, 0.15) is 44.1 Å². The Bertz CT molecular complexity index is 1180. The van der Waals surface area contributed by atoms with Gasteiger partial charge in [-0.2, -0.15) is 9.07 Å². The van der Waals surface area contributed by atoms with Crippen LogP contribution < -0.4 is 4.74 Å². The highest BCUT2D eigenvalue weighted by Crippen LogP contribution is 2.39. The predicted octanol–water partition coefficient (Wildman–Crippen LogP) is 4.09. The summed E-state index contributed by atoms with van der Waals surface area (Å²) in [7, 11) is -3.73. The number of rotatable bonds is 7. The van der Waals surface area contributed by atoms with E-state index < -0.39 is 21.5 Å². The predicted molar refractivity (Wildman–Crippen MR) is 113 cm³/mol. The number of halogens is 2. The van der Waals surface area contributed by atoms with Gasteiger partial charge in [0.05, 0.1) is 18.0 Å². The third-order valence-corrected chi connectivity index (χ3v) is 7.56. The van der Waals surface area contributed by atoms with Crippen LogP contribution in [-0.2, 0) is 9.84 Å². The first-order valence-electron chi connectivity index (χ1n) is 10.6. The molecule has 3 aromatic rings. The van der Waals surface area contributed by atoms with Gasteiger partial charge in [-0.25, -0.2) is 12.8 Å². The van der Waals surface area contributed by atoms with E-state index in [2.05, 4.69) is 15.5 Å². The first kappa shape index (κ1) is 22.3. The van der Waals surface area contributed by atoms with E-state index in [1.165, 1.54) is 10.7 Å². The summed E-state index contributed by atoms with van der Waals surface area (Å²) in [6, 6.07) is 11.8. The van der Waals surface area contributed by atoms with Crippen molar-refractivity contribution in [3.8, 4) is 11.4 Å². The van der Waals surface area contributed by atoms with Crippen LogP contribution in [0.3, 0.4) is 0 Å². The Balaban J connectivity index is 1.44. The van der Waals surface area contributed by atoms with Crippen LogP contribution in [0.15, 0.2) is 47.6 Å².